The van der Waals surface area contributed by atoms with Crippen LogP contribution in [0.4, 0.5) is 14.0 Å². The van der Waals surface area contributed by atoms with E-state index in [1.165, 1.54) is 37.9 Å². The molecule has 36 nitrogen and oxygen atoms in total. The number of halogens is 3. The number of esters is 2. The predicted octanol–water partition coefficient (Wildman–Crippen LogP) is 11.2. The maximum absolute atomic E-state index is 13.2. The number of methoxy groups -OCH3 is 5. The quantitative estimate of drug-likeness (QED) is 0.00554. The van der Waals surface area contributed by atoms with E-state index in [0.717, 1.165) is 103 Å². The van der Waals surface area contributed by atoms with E-state index in [9.17, 15) is 43.7 Å². The zero-order chi connectivity index (χ0) is 108. The number of carboxylic acid groups (broad SMARTS) is 1. The highest BCUT2D eigenvalue weighted by Gasteiger charge is 2.35. The summed E-state index contributed by atoms with van der Waals surface area (Å²) in [5.74, 6) is -1.67. The number of aliphatic hydroxyl groups is 6. The van der Waals surface area contributed by atoms with E-state index in [1.807, 2.05) is 127 Å². The van der Waals surface area contributed by atoms with Crippen LogP contribution < -0.4 is 21.7 Å². The van der Waals surface area contributed by atoms with Crippen molar-refractivity contribution in [1.29, 1.82) is 0 Å². The topological polar surface area (TPSA) is 484 Å². The third-order valence-corrected chi connectivity index (χ3v) is 23.6. The van der Waals surface area contributed by atoms with Crippen LogP contribution in [0.15, 0.2) is 188 Å². The number of ether oxygens (including phenoxy) is 19. The van der Waals surface area contributed by atoms with Crippen LogP contribution in [-0.4, -0.2) is 379 Å². The first-order chi connectivity index (χ1) is 73.2. The number of H-pyrrole nitrogens is 1. The maximum Gasteiger partial charge on any atom is 0.408 e. The number of alkyl carbamates (subject to hydrolysis) is 2. The van der Waals surface area contributed by atoms with E-state index in [1.54, 1.807) is 41.7 Å². The Bertz CT molecular complexity index is 4930. The highest BCUT2D eigenvalue weighted by molar-refractivity contribution is 6.18. The third kappa shape index (κ3) is 50.0. The monoisotopic (exact) mass is 2130 g/mol. The van der Waals surface area contributed by atoms with Gasteiger partial charge in [0.25, 0.3) is 0 Å². The number of benzene rings is 7. The Morgan fingerprint density at radius 3 is 1.19 bits per heavy atom. The first-order valence-corrected chi connectivity index (χ1v) is 50.8. The SMILES string of the molecule is C1CCNCC1.COCCOCCO.COCCOCCOCC(O)CCl.COCCOCCOCC(O)CO.COCCOCCOCC(O)COC(=O)C(CC1=CCc2ccccc21)NC(=O)OCC1c2ccccc2-c2ccccc21.COCCOCCOCC(O)COC(=O)C(N)CC1=CCc2ccccc21.ClCC1CO1.O=C(NC(C(=O)O)c1c[nH]c2ccccc12)OCC1c2ccccc2-c2ccccc21.[2H]CF. The first kappa shape index (κ1) is 126. The lowest BCUT2D eigenvalue weighted by atomic mass is 9.98. The number of rotatable bonds is 58. The Labute approximate surface area is 884 Å². The lowest BCUT2D eigenvalue weighted by molar-refractivity contribution is -0.150. The fourth-order valence-corrected chi connectivity index (χ4v) is 15.6. The van der Waals surface area contributed by atoms with Crippen molar-refractivity contribution in [3.05, 3.63) is 238 Å². The number of aromatic nitrogens is 1. The molecule has 2 aliphatic heterocycles. The summed E-state index contributed by atoms with van der Waals surface area (Å²) in [6.07, 6.45) is 7.85. The number of carbonyl (C=O) groups excluding carboxylic acids is 4. The summed E-state index contributed by atoms with van der Waals surface area (Å²) >= 11 is 10.6. The van der Waals surface area contributed by atoms with Crippen molar-refractivity contribution in [2.24, 2.45) is 5.73 Å². The molecule has 0 radical (unpaired) electrons. The number of aliphatic hydroxyl groups excluding tert-OH is 6. The Hall–Kier alpha value is -9.90. The Balaban J connectivity index is 0.000000285. The molecule has 7 aromatic carbocycles. The number of aliphatic carboxylic acids is 1. The number of carbonyl (C=O) groups is 5. The normalized spacial score (nSPS) is 14.9. The van der Waals surface area contributed by atoms with Crippen molar-refractivity contribution in [2.45, 2.75) is 105 Å². The molecule has 0 spiro atoms. The van der Waals surface area contributed by atoms with E-state index < -0.39 is 79.8 Å². The van der Waals surface area contributed by atoms with Crippen LogP contribution in [0.1, 0.15) is 101 Å². The van der Waals surface area contributed by atoms with Gasteiger partial charge in [0.05, 0.1) is 204 Å². The standard InChI is InChI=1S/C35H39NO8.C25H20N2O4.C20H29NO6.C8H17ClO4.C8H18O5.C5H11N.C5H12O3.C3H5ClO.CH3F/c1-40-16-17-41-18-19-42-21-26(37)22-43-34(38)33(20-25-15-14-24-8-2-3-9-27(24)25)36-35(39)44-23-32-30-12-6-4-10-28(30)29-11-5-7-13-31(29)32;28-24(29)23(20-13-26-22-12-6-5-11-19(20)22)27-25(30)31-14-21-17-9-3-1-7-15(17)16-8-2-4-10-18(16)21;1-24-8-9-25-10-11-26-13-17(22)14-27-20(23)19(21)12-16-7-6-15-4-2-3-5-18(15)16;2*1-11-2-3-12-4-5-13-7-8(10)6-9;1-2-4-6-5-3-1;1-7-4-5-8-3-2-6;4-1-3-2-5-3;1-2/h2-13,15,26,32-33,37H,14,16-23H2,1H3,(H,36,39);1-13,21,23,26H,14H2,(H,27,30)(H,28,29);2-5,7,17,19,22H,6,8-14,21H2,1H3;8,10H,2-7H2,1H3;8-10H,2-7H2,1H3;6H,1-5H2;6H,2-5H2,1H3;3H,1-2H2;1H3/i;;;;;;;;1D. The molecule has 3 heterocycles. The number of aromatic amines is 1. The number of amides is 2. The number of nitrogens with two attached hydrogens (primary N) is 1. The van der Waals surface area contributed by atoms with Crippen LogP contribution in [0.5, 0.6) is 0 Å². The molecular weight excluding hydrogens is 1980 g/mol. The summed E-state index contributed by atoms with van der Waals surface area (Å²) < 4.78 is 112. The number of fused-ring (bicyclic) bond motifs is 9. The summed E-state index contributed by atoms with van der Waals surface area (Å²) in [7, 11) is 7.04. The number of allylic oxidation sites excluding steroid dienone is 2. The van der Waals surface area contributed by atoms with Gasteiger partial charge in [-0.15, -0.1) is 23.2 Å². The number of nitrogens with one attached hydrogen (secondary N) is 4. The minimum atomic E-state index is -1.22. The zero-order valence-electron chi connectivity index (χ0n) is 87.0. The van der Waals surface area contributed by atoms with Gasteiger partial charge in [0.1, 0.15) is 56.8 Å². The number of hydrogen-bond donors (Lipinski definition) is 12. The number of para-hydroxylation sites is 1. The summed E-state index contributed by atoms with van der Waals surface area (Å²) in [4.78, 5) is 65.9. The van der Waals surface area contributed by atoms with E-state index in [2.05, 4.69) is 80.3 Å². The second kappa shape index (κ2) is 79.1. The van der Waals surface area contributed by atoms with Gasteiger partial charge in [0.2, 0.25) is 0 Å². The van der Waals surface area contributed by atoms with Crippen molar-refractivity contribution in [3.63, 3.8) is 0 Å². The van der Waals surface area contributed by atoms with E-state index in [-0.39, 0.29) is 96.8 Å². The molecule has 2 fully saturated rings. The van der Waals surface area contributed by atoms with Gasteiger partial charge in [0, 0.05) is 76.5 Å². The molecule has 0 saturated carbocycles. The van der Waals surface area contributed by atoms with Crippen molar-refractivity contribution >= 4 is 75.3 Å². The number of hydrogen-bond acceptors (Lipinski definition) is 32. The lowest BCUT2D eigenvalue weighted by Gasteiger charge is -2.21. The molecule has 4 aliphatic carbocycles. The molecule has 826 valence electrons. The van der Waals surface area contributed by atoms with Crippen LogP contribution in [0.3, 0.4) is 0 Å². The summed E-state index contributed by atoms with van der Waals surface area (Å²) in [6.45, 7) is 12.6. The molecule has 8 atom stereocenters. The average molecular weight is 2130 g/mol. The number of alkyl halides is 3. The third-order valence-electron chi connectivity index (χ3n) is 22.9. The second-order valence-corrected chi connectivity index (χ2v) is 34.5. The molecule has 149 heavy (non-hydrogen) atoms. The van der Waals surface area contributed by atoms with E-state index in [4.69, 9.17) is 136 Å². The van der Waals surface area contributed by atoms with Crippen LogP contribution >= 0.6 is 23.2 Å². The highest BCUT2D eigenvalue weighted by Crippen LogP contribution is 2.46. The van der Waals surface area contributed by atoms with Crippen molar-refractivity contribution in [3.8, 4) is 22.3 Å². The van der Waals surface area contributed by atoms with Crippen LogP contribution in [-0.2, 0) is 117 Å². The molecule has 1 aromatic heterocycles. The zero-order valence-corrected chi connectivity index (χ0v) is 87.5. The van der Waals surface area contributed by atoms with E-state index in [0.29, 0.717) is 143 Å². The largest absolute Gasteiger partial charge is 0.479 e. The fourth-order valence-electron chi connectivity index (χ4n) is 15.3. The van der Waals surface area contributed by atoms with Gasteiger partial charge in [0.15, 0.2) is 6.04 Å². The maximum atomic E-state index is 13.2. The molecule has 2 saturated heterocycles. The molecule has 6 aliphatic rings. The van der Waals surface area contributed by atoms with Gasteiger partial charge in [-0.05, 0) is 129 Å². The fraction of sp³-hybridized carbons (Fsp3) is 0.518. The van der Waals surface area contributed by atoms with Gasteiger partial charge in [-0.1, -0.05) is 182 Å². The summed E-state index contributed by atoms with van der Waals surface area (Å²) in [5, 5.41) is 73.6. The van der Waals surface area contributed by atoms with Crippen LogP contribution in [0.2, 0.25) is 0 Å². The number of carboxylic acids is 1. The summed E-state index contributed by atoms with van der Waals surface area (Å²) in [6, 6.07) is 52.7. The summed E-state index contributed by atoms with van der Waals surface area (Å²) in [5.41, 5.74) is 22.8. The molecule has 8 aromatic rings. The molecular formula is C110H154Cl2FN5O31. The Kier molecular flexibility index (Phi) is 66.9. The minimum Gasteiger partial charge on any atom is -0.479 e. The average Bonchev–Trinajstić information content (AvgIpc) is 1.62. The van der Waals surface area contributed by atoms with Crippen molar-refractivity contribution < 1.29 is 155 Å². The molecule has 0 bridgehead atoms. The predicted molar refractivity (Wildman–Crippen MR) is 564 cm³/mol. The number of piperidine rings is 1. The van der Waals surface area contributed by atoms with Crippen LogP contribution in [0.25, 0.3) is 44.3 Å². The highest BCUT2D eigenvalue weighted by atomic mass is 35.5. The number of epoxide rings is 1. The first-order valence-electron chi connectivity index (χ1n) is 50.4. The smallest absolute Gasteiger partial charge is 0.408 e. The van der Waals surface area contributed by atoms with Crippen molar-refractivity contribution in [1.82, 2.24) is 20.9 Å². The second-order valence-electron chi connectivity index (χ2n) is 33.9. The molecule has 8 unspecified atom stereocenters. The van der Waals surface area contributed by atoms with Gasteiger partial charge in [-0.25, -0.2) is 19.2 Å². The molecule has 39 heteroatoms. The van der Waals surface area contributed by atoms with Gasteiger partial charge < -0.3 is 152 Å². The Morgan fingerprint density at radius 2 is 0.812 bits per heavy atom. The molecule has 2 amide bonds. The molecule has 14 rings (SSSR count). The lowest BCUT2D eigenvalue weighted by Crippen LogP contribution is -2.43. The van der Waals surface area contributed by atoms with Crippen molar-refractivity contribution in [2.75, 3.05) is 266 Å². The van der Waals surface area contributed by atoms with Gasteiger partial charge in [-0.3, -0.25) is 9.18 Å². The van der Waals surface area contributed by atoms with E-state index >= 15 is 0 Å². The minimum absolute atomic E-state index is 0.0239. The van der Waals surface area contributed by atoms with Crippen LogP contribution in [0, 0.1) is 0 Å². The van der Waals surface area contributed by atoms with Gasteiger partial charge >= 0.3 is 30.1 Å². The molecule has 13 N–H and O–H groups in total. The van der Waals surface area contributed by atoms with Gasteiger partial charge in [-0.2, -0.15) is 0 Å². The Morgan fingerprint density at radius 1 is 0.450 bits per heavy atom.